The Balaban J connectivity index is 0.613. The van der Waals surface area contributed by atoms with Crippen LogP contribution in [-0.4, -0.2) is 397 Å². The van der Waals surface area contributed by atoms with Gasteiger partial charge < -0.3 is 188 Å². The molecule has 2 unspecified atom stereocenters. The number of carboxylic acids is 1. The molecule has 0 aromatic rings. The molecule has 0 radical (unpaired) electrons. The van der Waals surface area contributed by atoms with Crippen LogP contribution in [0.25, 0.3) is 0 Å². The van der Waals surface area contributed by atoms with E-state index in [1.165, 1.54) is 19.4 Å². The summed E-state index contributed by atoms with van der Waals surface area (Å²) in [7, 11) is 0. The van der Waals surface area contributed by atoms with Gasteiger partial charge in [-0.25, -0.2) is 0 Å². The topological polar surface area (TPSA) is 610 Å². The Morgan fingerprint density at radius 3 is 1.54 bits per heavy atom. The maximum absolute atomic E-state index is 13.3. The number of aliphatic hydroxyl groups excluding tert-OH is 21. The molecule has 13 aliphatic rings. The van der Waals surface area contributed by atoms with Crippen LogP contribution in [0.5, 0.6) is 0 Å². The average molecular weight is 1660 g/mol. The Bertz CT molecular complexity index is 3290. The third-order valence-corrected chi connectivity index (χ3v) is 29.1. The number of carbonyl (C=O) groups is 1. The summed E-state index contributed by atoms with van der Waals surface area (Å²) in [6, 6.07) is 0. The lowest BCUT2D eigenvalue weighted by atomic mass is 9.33. The molecule has 8 heterocycles. The van der Waals surface area contributed by atoms with Gasteiger partial charge >= 0.3 is 5.97 Å². The van der Waals surface area contributed by atoms with Crippen LogP contribution in [0.2, 0.25) is 0 Å². The maximum atomic E-state index is 13.3. The van der Waals surface area contributed by atoms with Gasteiger partial charge in [-0.1, -0.05) is 60.1 Å². The van der Waals surface area contributed by atoms with Crippen molar-refractivity contribution < 1.29 is 193 Å². The van der Waals surface area contributed by atoms with Gasteiger partial charge in [-0.15, -0.1) is 0 Å². The first-order valence-corrected chi connectivity index (χ1v) is 40.4. The monoisotopic (exact) mass is 1660 g/mol. The third kappa shape index (κ3) is 16.2. The lowest BCUT2D eigenvalue weighted by Gasteiger charge is -2.71. The fourth-order valence-corrected chi connectivity index (χ4v) is 21.7. The van der Waals surface area contributed by atoms with Crippen LogP contribution in [-0.2, 0) is 80.6 Å². The molecule has 0 amide bonds. The van der Waals surface area contributed by atoms with Crippen LogP contribution < -0.4 is 0 Å². The second-order valence-corrected chi connectivity index (χ2v) is 36.6. The number of hydrogen-bond acceptors (Lipinski definition) is 38. The molecular weight excluding hydrogens is 1540 g/mol. The number of rotatable bonds is 21. The molecule has 13 rings (SSSR count). The zero-order chi connectivity index (χ0) is 83.7. The molecule has 5 aliphatic carbocycles. The van der Waals surface area contributed by atoms with Crippen LogP contribution in [0.1, 0.15) is 127 Å². The summed E-state index contributed by atoms with van der Waals surface area (Å²) in [6.45, 7) is 14.1. The number of carboxylic acid groups (broad SMARTS) is 1. The van der Waals surface area contributed by atoms with E-state index in [1.54, 1.807) is 0 Å². The second-order valence-electron chi connectivity index (χ2n) is 36.6. The molecule has 39 nitrogen and oxygen atoms in total. The van der Waals surface area contributed by atoms with Crippen LogP contribution in [0.4, 0.5) is 0 Å². The first-order valence-electron chi connectivity index (χ1n) is 40.4. The van der Waals surface area contributed by atoms with Gasteiger partial charge in [-0.3, -0.25) is 4.79 Å². The van der Waals surface area contributed by atoms with Crippen molar-refractivity contribution >= 4 is 5.97 Å². The van der Waals surface area contributed by atoms with Gasteiger partial charge in [0.15, 0.2) is 50.3 Å². The Morgan fingerprint density at radius 2 is 0.904 bits per heavy atom. The highest BCUT2D eigenvalue weighted by molar-refractivity contribution is 5.76. The molecule has 662 valence electrons. The van der Waals surface area contributed by atoms with Crippen LogP contribution >= 0.6 is 0 Å². The van der Waals surface area contributed by atoms with E-state index in [4.69, 9.17) is 75.8 Å². The van der Waals surface area contributed by atoms with Crippen molar-refractivity contribution in [1.82, 2.24) is 0 Å². The van der Waals surface area contributed by atoms with E-state index in [2.05, 4.69) is 54.5 Å². The minimum atomic E-state index is -2.23. The van der Waals surface area contributed by atoms with E-state index in [-0.39, 0.29) is 46.0 Å². The summed E-state index contributed by atoms with van der Waals surface area (Å²) in [5.74, 6) is -0.279. The average Bonchev–Trinajstić information content (AvgIpc) is 0.674. The first kappa shape index (κ1) is 90.5. The lowest BCUT2D eigenvalue weighted by molar-refractivity contribution is -0.392. The number of aliphatic hydroxyl groups is 21. The third-order valence-electron chi connectivity index (χ3n) is 29.1. The van der Waals surface area contributed by atoms with Crippen LogP contribution in [0.3, 0.4) is 0 Å². The Hall–Kier alpha value is -2.27. The molecular formula is C76H124O39. The van der Waals surface area contributed by atoms with Crippen LogP contribution in [0, 0.1) is 50.2 Å². The second kappa shape index (κ2) is 34.7. The van der Waals surface area contributed by atoms with E-state index in [0.717, 1.165) is 44.9 Å². The minimum absolute atomic E-state index is 0.0241. The standard InChI is InChI=1S/C76H124O39/c1-27-40(81)49(90)61(115-64-52(93)47(88)43(84)32(21-77)105-64)68(104-27)102-26-35-44(85)48(89)53(94)65(109-35)113-59-46(87)33(22-78)106-67(56(59)97)111-57-34(23-79)107-63(54(95)50(57)91)108-36-25-101-62(51(92)45(36)86)112-58-41(82)28(2)103-66(55(58)96)114-60-42(83)31(80)24-100-69(60)110-39-13-14-73(7)37(72(39,5)6)12-15-75(9)38(73)11-10-29-30-20-71(3,4)16-18-76(30,70(98)99)19-17-74(29,75)8/h10,27-28,30-69,77-97H,11-26H2,1-9H3,(H,98,99)/t27-,28-,30-,31-,32+,33+,34+,35+,36+,37?,38+,39?,40-,41-,42-,43+,44+,45+,46+,47-,48-,49+,50+,51+,52+,53+,54+,55+,56+,57+,58+,59-,60+,61+,62-,63-,64-,65-,66-,67-,68+,69-,73-,74+,75+,76-/m0/s1. The van der Waals surface area contributed by atoms with Crippen molar-refractivity contribution in [2.75, 3.05) is 39.6 Å². The fourth-order valence-electron chi connectivity index (χ4n) is 21.7. The quantitative estimate of drug-likeness (QED) is 0.0375. The van der Waals surface area contributed by atoms with Crippen molar-refractivity contribution in [1.29, 1.82) is 0 Å². The summed E-state index contributed by atoms with van der Waals surface area (Å²) in [5.41, 5.74) is -0.357. The highest BCUT2D eigenvalue weighted by atomic mass is 16.8. The molecule has 39 heteroatoms. The molecule has 0 aromatic heterocycles. The van der Waals surface area contributed by atoms with E-state index in [0.29, 0.717) is 19.3 Å². The lowest BCUT2D eigenvalue weighted by Crippen LogP contribution is -2.67. The van der Waals surface area contributed by atoms with Crippen LogP contribution in [0.15, 0.2) is 11.6 Å². The molecule has 0 aromatic carbocycles. The normalized spacial score (nSPS) is 54.6. The molecule has 0 spiro atoms. The highest BCUT2D eigenvalue weighted by Gasteiger charge is 2.71. The zero-order valence-corrected chi connectivity index (χ0v) is 65.9. The Labute approximate surface area is 664 Å². The summed E-state index contributed by atoms with van der Waals surface area (Å²) in [6.07, 6.45) is -59.6. The SMILES string of the molecule is C[C@@H]1O[C@@H](OC[C@H]2O[C@@H](O[C@@H]3[C@@H](O)[C@H](O[C@H]4[C@H](O)[C@@H](O)[C@H](O[C@@H]5CO[C@@H](O[C@@H]6[C@@H](O)[C@H](C)O[C@@H](O[C@H]7[C@H](OC8CC[C@@]9(C)C(CC[C@]%10(C)[C@@H]9CC=C9[C@@H]%11CC(C)(C)CC[C@]%11(C(=O)O)CC[C@]9%10C)C8(C)C)OC[C@H](O)[C@@H]7O)[C@@H]6O)[C@H](O)[C@@H]5O)O[C@@H]4CO)O[C@H](CO)[C@H]3O)[C@H](O)[C@@H](O)[C@@H]2O)[C@H](O[C@@H]2O[C@H](CO)[C@@H](O)[C@H](O)[C@H]2O)[C@H](O)[C@H]1O. The number of allylic oxidation sites excluding steroid dienone is 2. The minimum Gasteiger partial charge on any atom is -0.481 e. The number of hydrogen-bond donors (Lipinski definition) is 22. The predicted molar refractivity (Wildman–Crippen MR) is 379 cm³/mol. The summed E-state index contributed by atoms with van der Waals surface area (Å²) >= 11 is 0. The molecule has 8 aliphatic heterocycles. The number of ether oxygens (including phenoxy) is 16. The summed E-state index contributed by atoms with van der Waals surface area (Å²) in [5, 5.41) is 244. The van der Waals surface area contributed by atoms with Gasteiger partial charge in [-0.05, 0) is 123 Å². The number of fused-ring (bicyclic) bond motifs is 7. The van der Waals surface area contributed by atoms with Gasteiger partial charge in [-0.2, -0.15) is 0 Å². The van der Waals surface area contributed by atoms with Crippen molar-refractivity contribution in [3.63, 3.8) is 0 Å². The molecule has 46 atom stereocenters. The molecule has 0 bridgehead atoms. The van der Waals surface area contributed by atoms with Gasteiger partial charge in [0.25, 0.3) is 0 Å². The van der Waals surface area contributed by atoms with E-state index in [1.807, 2.05) is 0 Å². The van der Waals surface area contributed by atoms with E-state index in [9.17, 15) is 117 Å². The first-order chi connectivity index (χ1) is 54.0. The number of aliphatic carboxylic acids is 1. The largest absolute Gasteiger partial charge is 0.481 e. The Morgan fingerprint density at radius 1 is 0.417 bits per heavy atom. The fraction of sp³-hybridized carbons (Fsp3) is 0.961. The molecule has 8 saturated heterocycles. The van der Waals surface area contributed by atoms with Gasteiger partial charge in [0, 0.05) is 0 Å². The van der Waals surface area contributed by atoms with Gasteiger partial charge in [0.1, 0.15) is 171 Å². The van der Waals surface area contributed by atoms with E-state index >= 15 is 0 Å². The predicted octanol–water partition coefficient (Wildman–Crippen LogP) is -6.84. The van der Waals surface area contributed by atoms with Crippen molar-refractivity contribution in [2.45, 2.75) is 366 Å². The van der Waals surface area contributed by atoms with Crippen molar-refractivity contribution in [3.05, 3.63) is 11.6 Å². The smallest absolute Gasteiger partial charge is 0.310 e. The zero-order valence-electron chi connectivity index (χ0n) is 65.9. The molecule has 12 fully saturated rings. The highest BCUT2D eigenvalue weighted by Crippen LogP contribution is 2.76. The summed E-state index contributed by atoms with van der Waals surface area (Å²) in [4.78, 5) is 13.3. The Kier molecular flexibility index (Phi) is 27.3. The van der Waals surface area contributed by atoms with Gasteiger partial charge in [0.05, 0.1) is 63.4 Å². The molecule has 22 N–H and O–H groups in total. The maximum Gasteiger partial charge on any atom is 0.310 e. The van der Waals surface area contributed by atoms with Crippen molar-refractivity contribution in [3.8, 4) is 0 Å². The van der Waals surface area contributed by atoms with Gasteiger partial charge in [0.2, 0.25) is 0 Å². The van der Waals surface area contributed by atoms with Crippen molar-refractivity contribution in [2.24, 2.45) is 50.2 Å². The molecule has 4 saturated carbocycles. The van der Waals surface area contributed by atoms with E-state index < -0.39 is 289 Å². The molecule has 115 heavy (non-hydrogen) atoms. The summed E-state index contributed by atoms with van der Waals surface area (Å²) < 4.78 is 94.7.